The van der Waals surface area contributed by atoms with E-state index in [1.54, 1.807) is 6.92 Å². The van der Waals surface area contributed by atoms with Crippen LogP contribution in [0.4, 0.5) is 26.3 Å². The number of phenolic OH excluding ortho intramolecular Hbond substituents is 1. The van der Waals surface area contributed by atoms with E-state index in [2.05, 4.69) is 0 Å². The van der Waals surface area contributed by atoms with E-state index in [4.69, 9.17) is 14.2 Å². The Labute approximate surface area is 239 Å². The minimum Gasteiger partial charge on any atom is -0.505 e. The summed E-state index contributed by atoms with van der Waals surface area (Å²) in [5, 5.41) is 9.26. The molecular weight excluding hydrogens is 562 g/mol. The maximum absolute atomic E-state index is 14.7. The highest BCUT2D eigenvalue weighted by Crippen LogP contribution is 2.34. The molecule has 0 aliphatic rings. The number of benzene rings is 4. The molecule has 0 amide bonds. The third-order valence-electron chi connectivity index (χ3n) is 6.63. The van der Waals surface area contributed by atoms with Gasteiger partial charge in [-0.2, -0.15) is 8.78 Å². The van der Waals surface area contributed by atoms with Crippen molar-refractivity contribution in [2.75, 3.05) is 19.8 Å². The summed E-state index contributed by atoms with van der Waals surface area (Å²) in [5.74, 6) is -7.34. The van der Waals surface area contributed by atoms with E-state index in [1.807, 2.05) is 6.92 Å². The van der Waals surface area contributed by atoms with Crippen LogP contribution >= 0.6 is 0 Å². The molecule has 0 spiro atoms. The summed E-state index contributed by atoms with van der Waals surface area (Å²) >= 11 is 0. The molecule has 10 heteroatoms. The summed E-state index contributed by atoms with van der Waals surface area (Å²) in [7, 11) is 0. The van der Waals surface area contributed by atoms with Crippen LogP contribution in [-0.2, 0) is 0 Å². The van der Waals surface area contributed by atoms with Gasteiger partial charge in [-0.05, 0) is 74.2 Å². The maximum Gasteiger partial charge on any atom is 0.201 e. The predicted molar refractivity (Wildman–Crippen MR) is 146 cm³/mol. The van der Waals surface area contributed by atoms with Gasteiger partial charge < -0.3 is 19.3 Å². The van der Waals surface area contributed by atoms with Crippen molar-refractivity contribution in [2.24, 2.45) is 5.92 Å². The molecule has 4 rings (SSSR count). The summed E-state index contributed by atoms with van der Waals surface area (Å²) in [4.78, 5) is 0. The van der Waals surface area contributed by atoms with Crippen LogP contribution in [0, 0.1) is 40.8 Å². The smallest absolute Gasteiger partial charge is 0.201 e. The fourth-order valence-corrected chi connectivity index (χ4v) is 4.26. The quantitative estimate of drug-likeness (QED) is 0.168. The van der Waals surface area contributed by atoms with Crippen LogP contribution < -0.4 is 14.2 Å². The van der Waals surface area contributed by atoms with Crippen LogP contribution in [0.15, 0.2) is 60.7 Å². The highest BCUT2D eigenvalue weighted by Gasteiger charge is 2.19. The number of hydrogen-bond acceptors (Lipinski definition) is 4. The average Bonchev–Trinajstić information content (AvgIpc) is 2.96. The largest absolute Gasteiger partial charge is 0.505 e. The molecule has 0 radical (unpaired) electrons. The highest BCUT2D eigenvalue weighted by atomic mass is 19.2. The van der Waals surface area contributed by atoms with Crippen molar-refractivity contribution < 1.29 is 45.7 Å². The van der Waals surface area contributed by atoms with E-state index in [9.17, 15) is 31.4 Å². The Kier molecular flexibility index (Phi) is 9.88. The molecule has 1 N–H and O–H groups in total. The van der Waals surface area contributed by atoms with E-state index >= 15 is 0 Å². The molecule has 0 saturated carbocycles. The van der Waals surface area contributed by atoms with Crippen molar-refractivity contribution in [3.63, 3.8) is 0 Å². The SMILES string of the molecule is CCOc1ccc(-c2ccc(OCCC(C)CCOc3ccc(-c4ccc(O)c(F)c4F)c(F)c3)cc2F)c(F)c1F. The van der Waals surface area contributed by atoms with Crippen LogP contribution in [0.25, 0.3) is 22.3 Å². The Morgan fingerprint density at radius 1 is 0.595 bits per heavy atom. The van der Waals surface area contributed by atoms with Crippen LogP contribution in [0.3, 0.4) is 0 Å². The van der Waals surface area contributed by atoms with Gasteiger partial charge in [-0.1, -0.05) is 6.92 Å². The van der Waals surface area contributed by atoms with Crippen LogP contribution in [0.1, 0.15) is 26.7 Å². The van der Waals surface area contributed by atoms with E-state index in [0.29, 0.717) is 12.8 Å². The lowest BCUT2D eigenvalue weighted by Gasteiger charge is -2.14. The average molecular weight is 591 g/mol. The van der Waals surface area contributed by atoms with Crippen LogP contribution in [0.5, 0.6) is 23.0 Å². The van der Waals surface area contributed by atoms with E-state index in [0.717, 1.165) is 24.3 Å². The molecule has 42 heavy (non-hydrogen) atoms. The summed E-state index contributed by atoms with van der Waals surface area (Å²) < 4.78 is 102. The highest BCUT2D eigenvalue weighted by molar-refractivity contribution is 5.67. The monoisotopic (exact) mass is 590 g/mol. The van der Waals surface area contributed by atoms with Crippen molar-refractivity contribution in [3.05, 3.63) is 95.6 Å². The minimum absolute atomic E-state index is 0.114. The van der Waals surface area contributed by atoms with E-state index in [1.165, 1.54) is 36.4 Å². The van der Waals surface area contributed by atoms with Gasteiger partial charge in [-0.15, -0.1) is 0 Å². The first-order valence-electron chi connectivity index (χ1n) is 13.2. The second kappa shape index (κ2) is 13.5. The number of hydrogen-bond donors (Lipinski definition) is 1. The Morgan fingerprint density at radius 3 is 1.57 bits per heavy atom. The van der Waals surface area contributed by atoms with Gasteiger partial charge in [-0.3, -0.25) is 0 Å². The lowest BCUT2D eigenvalue weighted by molar-refractivity contribution is 0.244. The Bertz CT molecular complexity index is 1560. The number of phenols is 1. The summed E-state index contributed by atoms with van der Waals surface area (Å²) in [5.41, 5.74) is -0.845. The zero-order valence-corrected chi connectivity index (χ0v) is 22.8. The lowest BCUT2D eigenvalue weighted by atomic mass is 10.0. The lowest BCUT2D eigenvalue weighted by Crippen LogP contribution is -2.09. The molecule has 1 unspecified atom stereocenters. The van der Waals surface area contributed by atoms with Gasteiger partial charge in [0.1, 0.15) is 23.1 Å². The molecule has 0 fully saturated rings. The standard InChI is InChI=1S/C32H28F6O4/c1-3-40-28-11-9-24(30(36)32(28)38)22-7-5-20(17-26(22)34)42-15-13-18(2)12-14-41-19-4-6-21(25(33)16-19)23-8-10-27(39)31(37)29(23)35/h4-11,16-18,39H,3,12-15H2,1-2H3. The van der Waals surface area contributed by atoms with Crippen molar-refractivity contribution >= 4 is 0 Å². The third-order valence-corrected chi connectivity index (χ3v) is 6.63. The Morgan fingerprint density at radius 2 is 1.07 bits per heavy atom. The van der Waals surface area contributed by atoms with Crippen molar-refractivity contribution in [3.8, 4) is 45.3 Å². The molecule has 222 valence electrons. The Balaban J connectivity index is 1.26. The number of aromatic hydroxyl groups is 1. The predicted octanol–water partition coefficient (Wildman–Crippen LogP) is 8.83. The van der Waals surface area contributed by atoms with Gasteiger partial charge in [0.05, 0.1) is 19.8 Å². The van der Waals surface area contributed by atoms with Gasteiger partial charge >= 0.3 is 0 Å². The van der Waals surface area contributed by atoms with E-state index in [-0.39, 0.29) is 65.2 Å². The molecule has 4 aromatic carbocycles. The summed E-state index contributed by atoms with van der Waals surface area (Å²) in [6.07, 6.45) is 1.17. The molecule has 0 bridgehead atoms. The summed E-state index contributed by atoms with van der Waals surface area (Å²) in [6, 6.07) is 12.2. The molecular formula is C32H28F6O4. The fourth-order valence-electron chi connectivity index (χ4n) is 4.26. The molecule has 4 aromatic rings. The van der Waals surface area contributed by atoms with Crippen LogP contribution in [-0.4, -0.2) is 24.9 Å². The maximum atomic E-state index is 14.7. The fraction of sp³-hybridized carbons (Fsp3) is 0.250. The van der Waals surface area contributed by atoms with Crippen LogP contribution in [0.2, 0.25) is 0 Å². The zero-order valence-electron chi connectivity index (χ0n) is 22.8. The molecule has 1 atom stereocenters. The van der Waals surface area contributed by atoms with Gasteiger partial charge in [0, 0.05) is 34.4 Å². The topological polar surface area (TPSA) is 47.9 Å². The van der Waals surface area contributed by atoms with Gasteiger partial charge in [0.15, 0.2) is 23.1 Å². The molecule has 0 saturated heterocycles. The van der Waals surface area contributed by atoms with Gasteiger partial charge in [-0.25, -0.2) is 17.6 Å². The molecule has 0 aliphatic carbocycles. The van der Waals surface area contributed by atoms with E-state index < -0.39 is 40.7 Å². The molecule has 0 aromatic heterocycles. The summed E-state index contributed by atoms with van der Waals surface area (Å²) in [6.45, 7) is 4.25. The molecule has 0 heterocycles. The second-order valence-corrected chi connectivity index (χ2v) is 9.60. The third kappa shape index (κ3) is 6.92. The normalized spacial score (nSPS) is 11.8. The minimum atomic E-state index is -1.46. The number of rotatable bonds is 12. The van der Waals surface area contributed by atoms with Crippen molar-refractivity contribution in [2.45, 2.75) is 26.7 Å². The first-order chi connectivity index (χ1) is 20.1. The first-order valence-corrected chi connectivity index (χ1v) is 13.2. The zero-order chi connectivity index (χ0) is 30.4. The first kappa shape index (κ1) is 30.6. The van der Waals surface area contributed by atoms with Crippen molar-refractivity contribution in [1.82, 2.24) is 0 Å². The molecule has 4 nitrogen and oxygen atoms in total. The number of ether oxygens (including phenoxy) is 3. The van der Waals surface area contributed by atoms with Gasteiger partial charge in [0.25, 0.3) is 0 Å². The second-order valence-electron chi connectivity index (χ2n) is 9.60. The number of halogens is 6. The van der Waals surface area contributed by atoms with Gasteiger partial charge in [0.2, 0.25) is 11.6 Å². The molecule has 0 aliphatic heterocycles. The van der Waals surface area contributed by atoms with Crippen molar-refractivity contribution in [1.29, 1.82) is 0 Å². The Hall–Kier alpha value is -4.34.